The van der Waals surface area contributed by atoms with Gasteiger partial charge in [0.15, 0.2) is 5.78 Å². The van der Waals surface area contributed by atoms with Gasteiger partial charge in [-0.1, -0.05) is 56.5 Å². The third-order valence-electron chi connectivity index (χ3n) is 6.39. The first-order valence-electron chi connectivity index (χ1n) is 10.5. The number of allylic oxidation sites excluding steroid dienone is 2. The summed E-state index contributed by atoms with van der Waals surface area (Å²) in [6.07, 6.45) is 14.0. The number of aryl methyl sites for hydroxylation is 1. The normalized spacial score (nSPS) is 27.2. The molecule has 1 heteroatoms. The second-order valence-corrected chi connectivity index (χ2v) is 8.19. The van der Waals surface area contributed by atoms with Crippen LogP contribution in [0.1, 0.15) is 88.7 Å². The number of hydrogen-bond donors (Lipinski definition) is 0. The molecule has 0 heterocycles. The van der Waals surface area contributed by atoms with Gasteiger partial charge in [-0.25, -0.2) is 0 Å². The maximum atomic E-state index is 12.3. The minimum atomic E-state index is 0.312. The lowest BCUT2D eigenvalue weighted by atomic mass is 9.72. The average molecular weight is 339 g/mol. The van der Waals surface area contributed by atoms with Crippen LogP contribution in [0.15, 0.2) is 35.9 Å². The molecule has 2 aliphatic carbocycles. The van der Waals surface area contributed by atoms with Crippen LogP contribution in [0.5, 0.6) is 0 Å². The second-order valence-electron chi connectivity index (χ2n) is 8.19. The summed E-state index contributed by atoms with van der Waals surface area (Å²) in [7, 11) is 0. The molecule has 2 aliphatic rings. The SMILES string of the molecule is CCCc1ccc(C2CCC(C3=CC(=O)C(CCC)CC3)CC2)cc1. The fourth-order valence-electron chi connectivity index (χ4n) is 4.86. The molecule has 25 heavy (non-hydrogen) atoms. The average Bonchev–Trinajstić information content (AvgIpc) is 2.65. The zero-order chi connectivity index (χ0) is 17.6. The minimum absolute atomic E-state index is 0.312. The molecule has 0 amide bonds. The van der Waals surface area contributed by atoms with Crippen molar-refractivity contribution >= 4 is 5.78 Å². The van der Waals surface area contributed by atoms with Gasteiger partial charge in [0.25, 0.3) is 0 Å². The lowest BCUT2D eigenvalue weighted by molar-refractivity contribution is -0.119. The molecule has 0 saturated heterocycles. The number of ketones is 1. The van der Waals surface area contributed by atoms with E-state index in [0.717, 1.165) is 31.6 Å². The van der Waals surface area contributed by atoms with Crippen molar-refractivity contribution in [2.24, 2.45) is 11.8 Å². The van der Waals surface area contributed by atoms with Gasteiger partial charge in [0.2, 0.25) is 0 Å². The maximum Gasteiger partial charge on any atom is 0.158 e. The summed E-state index contributed by atoms with van der Waals surface area (Å²) >= 11 is 0. The van der Waals surface area contributed by atoms with Crippen molar-refractivity contribution in [3.63, 3.8) is 0 Å². The Hall–Kier alpha value is -1.37. The zero-order valence-corrected chi connectivity index (χ0v) is 16.1. The van der Waals surface area contributed by atoms with Crippen molar-refractivity contribution in [3.8, 4) is 0 Å². The van der Waals surface area contributed by atoms with Gasteiger partial charge in [-0.15, -0.1) is 0 Å². The molecule has 0 N–H and O–H groups in total. The summed E-state index contributed by atoms with van der Waals surface area (Å²) in [5.74, 6) is 2.12. The van der Waals surface area contributed by atoms with Crippen LogP contribution in [0, 0.1) is 11.8 Å². The van der Waals surface area contributed by atoms with E-state index in [1.165, 1.54) is 55.2 Å². The molecule has 1 aromatic rings. The predicted molar refractivity (Wildman–Crippen MR) is 106 cm³/mol. The van der Waals surface area contributed by atoms with Crippen LogP contribution < -0.4 is 0 Å². The molecule has 1 atom stereocenters. The molecule has 136 valence electrons. The van der Waals surface area contributed by atoms with Crippen molar-refractivity contribution in [2.45, 2.75) is 84.0 Å². The summed E-state index contributed by atoms with van der Waals surface area (Å²) in [5.41, 5.74) is 4.46. The predicted octanol–water partition coefficient (Wildman–Crippen LogP) is 6.62. The van der Waals surface area contributed by atoms with Crippen molar-refractivity contribution in [2.75, 3.05) is 0 Å². The van der Waals surface area contributed by atoms with E-state index < -0.39 is 0 Å². The van der Waals surface area contributed by atoms with Crippen LogP contribution in [-0.2, 0) is 11.2 Å². The Labute approximate surface area is 153 Å². The Kier molecular flexibility index (Phi) is 6.51. The molecule has 0 aliphatic heterocycles. The summed E-state index contributed by atoms with van der Waals surface area (Å²) in [6.45, 7) is 4.42. The lowest BCUT2D eigenvalue weighted by Gasteiger charge is -2.32. The van der Waals surface area contributed by atoms with E-state index in [0.29, 0.717) is 17.6 Å². The lowest BCUT2D eigenvalue weighted by Crippen LogP contribution is -2.22. The monoisotopic (exact) mass is 338 g/mol. The van der Waals surface area contributed by atoms with Crippen molar-refractivity contribution in [1.82, 2.24) is 0 Å². The number of benzene rings is 1. The van der Waals surface area contributed by atoms with Crippen LogP contribution in [0.3, 0.4) is 0 Å². The van der Waals surface area contributed by atoms with E-state index in [1.807, 2.05) is 6.08 Å². The number of rotatable bonds is 6. The van der Waals surface area contributed by atoms with Crippen LogP contribution in [-0.4, -0.2) is 5.78 Å². The van der Waals surface area contributed by atoms with Crippen molar-refractivity contribution < 1.29 is 4.79 Å². The topological polar surface area (TPSA) is 17.1 Å². The van der Waals surface area contributed by atoms with Gasteiger partial charge in [-0.3, -0.25) is 4.79 Å². The van der Waals surface area contributed by atoms with Gasteiger partial charge in [-0.05, 0) is 80.4 Å². The molecule has 1 saturated carbocycles. The van der Waals surface area contributed by atoms with E-state index in [2.05, 4.69) is 38.1 Å². The molecule has 0 bridgehead atoms. The van der Waals surface area contributed by atoms with Gasteiger partial charge in [0.1, 0.15) is 0 Å². The summed E-state index contributed by atoms with van der Waals surface area (Å²) in [6, 6.07) is 9.35. The quantitative estimate of drug-likeness (QED) is 0.569. The van der Waals surface area contributed by atoms with E-state index in [1.54, 1.807) is 0 Å². The van der Waals surface area contributed by atoms with E-state index in [-0.39, 0.29) is 0 Å². The first kappa shape index (κ1) is 18.4. The van der Waals surface area contributed by atoms with Crippen molar-refractivity contribution in [3.05, 3.63) is 47.0 Å². The highest BCUT2D eigenvalue weighted by atomic mass is 16.1. The largest absolute Gasteiger partial charge is 0.295 e. The molecular formula is C24H34O. The Morgan fingerprint density at radius 2 is 1.56 bits per heavy atom. The Bertz CT molecular complexity index is 587. The molecule has 3 rings (SSSR count). The highest BCUT2D eigenvalue weighted by Crippen LogP contribution is 2.41. The first-order chi connectivity index (χ1) is 12.2. The van der Waals surface area contributed by atoms with E-state index >= 15 is 0 Å². The highest BCUT2D eigenvalue weighted by Gasteiger charge is 2.29. The van der Waals surface area contributed by atoms with Gasteiger partial charge in [0, 0.05) is 5.92 Å². The fraction of sp³-hybridized carbons (Fsp3) is 0.625. The maximum absolute atomic E-state index is 12.3. The number of carbonyl (C=O) groups is 1. The summed E-state index contributed by atoms with van der Waals surface area (Å²) in [5, 5.41) is 0. The van der Waals surface area contributed by atoms with Crippen molar-refractivity contribution in [1.29, 1.82) is 0 Å². The Morgan fingerprint density at radius 3 is 2.16 bits per heavy atom. The molecule has 0 radical (unpaired) electrons. The molecule has 1 fully saturated rings. The Morgan fingerprint density at radius 1 is 0.880 bits per heavy atom. The molecule has 1 aromatic carbocycles. The molecule has 0 spiro atoms. The van der Waals surface area contributed by atoms with Crippen LogP contribution >= 0.6 is 0 Å². The summed E-state index contributed by atoms with van der Waals surface area (Å²) < 4.78 is 0. The standard InChI is InChI=1S/C24H34O/c1-3-5-18-7-9-19(10-8-18)20-11-13-21(14-12-20)23-16-15-22(6-4-2)24(25)17-23/h7-10,17,20-22H,3-6,11-16H2,1-2H3. The number of hydrogen-bond acceptors (Lipinski definition) is 1. The van der Waals surface area contributed by atoms with Gasteiger partial charge < -0.3 is 0 Å². The van der Waals surface area contributed by atoms with E-state index in [9.17, 15) is 4.79 Å². The number of carbonyl (C=O) groups excluding carboxylic acids is 1. The third kappa shape index (κ3) is 4.63. The summed E-state index contributed by atoms with van der Waals surface area (Å²) in [4.78, 5) is 12.3. The molecule has 0 aromatic heterocycles. The fourth-order valence-corrected chi connectivity index (χ4v) is 4.86. The smallest absolute Gasteiger partial charge is 0.158 e. The second kappa shape index (κ2) is 8.83. The van der Waals surface area contributed by atoms with Crippen LogP contribution in [0.4, 0.5) is 0 Å². The molecule has 1 nitrogen and oxygen atoms in total. The van der Waals surface area contributed by atoms with Gasteiger partial charge in [-0.2, -0.15) is 0 Å². The highest BCUT2D eigenvalue weighted by molar-refractivity contribution is 5.93. The third-order valence-corrected chi connectivity index (χ3v) is 6.39. The van der Waals surface area contributed by atoms with Gasteiger partial charge >= 0.3 is 0 Å². The van der Waals surface area contributed by atoms with Crippen LogP contribution in [0.2, 0.25) is 0 Å². The minimum Gasteiger partial charge on any atom is -0.295 e. The van der Waals surface area contributed by atoms with Gasteiger partial charge in [0.05, 0.1) is 0 Å². The first-order valence-corrected chi connectivity index (χ1v) is 10.5. The van der Waals surface area contributed by atoms with Crippen LogP contribution in [0.25, 0.3) is 0 Å². The van der Waals surface area contributed by atoms with E-state index in [4.69, 9.17) is 0 Å². The molecular weight excluding hydrogens is 304 g/mol. The Balaban J connectivity index is 1.55. The zero-order valence-electron chi connectivity index (χ0n) is 16.1. The molecule has 1 unspecified atom stereocenters.